The Morgan fingerprint density at radius 2 is 1.80 bits per heavy atom. The van der Waals surface area contributed by atoms with Crippen LogP contribution >= 0.6 is 0 Å². The van der Waals surface area contributed by atoms with Gasteiger partial charge in [-0.2, -0.15) is 10.2 Å². The van der Waals surface area contributed by atoms with Gasteiger partial charge in [0.1, 0.15) is 17.6 Å². The molecule has 0 spiro atoms. The topological polar surface area (TPSA) is 75.4 Å². The highest BCUT2D eigenvalue weighted by Crippen LogP contribution is 2.30. The van der Waals surface area contributed by atoms with E-state index in [2.05, 4.69) is 11.1 Å². The molecular weight excluding hydrogens is 378 g/mol. The van der Waals surface area contributed by atoms with Crippen LogP contribution in [0.4, 0.5) is 5.88 Å². The molecule has 0 atom stereocenters. The quantitative estimate of drug-likeness (QED) is 0.418. The van der Waals surface area contributed by atoms with E-state index >= 15 is 0 Å². The molecule has 2 heterocycles. The Labute approximate surface area is 175 Å². The van der Waals surface area contributed by atoms with Crippen LogP contribution in [0.1, 0.15) is 22.6 Å². The monoisotopic (exact) mass is 399 g/mol. The number of rotatable bonds is 7. The van der Waals surface area contributed by atoms with Gasteiger partial charge in [-0.15, -0.1) is 0 Å². The molecule has 4 aromatic rings. The van der Waals surface area contributed by atoms with Gasteiger partial charge in [0, 0.05) is 12.1 Å². The van der Waals surface area contributed by atoms with E-state index in [0.29, 0.717) is 24.9 Å². The van der Waals surface area contributed by atoms with Crippen molar-refractivity contribution in [2.45, 2.75) is 20.0 Å². The third-order valence-corrected chi connectivity index (χ3v) is 4.76. The van der Waals surface area contributed by atoms with Crippen molar-refractivity contribution in [3.63, 3.8) is 0 Å². The highest BCUT2D eigenvalue weighted by atomic mass is 16.5. The fourth-order valence-electron chi connectivity index (χ4n) is 3.16. The molecule has 0 bridgehead atoms. The van der Waals surface area contributed by atoms with Crippen LogP contribution in [0.5, 0.6) is 5.75 Å². The van der Waals surface area contributed by atoms with Crippen molar-refractivity contribution in [2.24, 2.45) is 0 Å². The van der Waals surface area contributed by atoms with Gasteiger partial charge in [0.15, 0.2) is 0 Å². The van der Waals surface area contributed by atoms with Crippen LogP contribution in [0, 0.1) is 18.3 Å². The summed E-state index contributed by atoms with van der Waals surface area (Å²) in [4.78, 5) is 6.38. The van der Waals surface area contributed by atoms with E-state index in [-0.39, 0.29) is 5.69 Å². The Kier molecular flexibility index (Phi) is 5.53. The minimum atomic E-state index is 0.241. The maximum Gasteiger partial charge on any atom is 0.235 e. The molecule has 6 nitrogen and oxygen atoms in total. The first-order valence-electron chi connectivity index (χ1n) is 9.54. The van der Waals surface area contributed by atoms with Crippen molar-refractivity contribution in [1.29, 1.82) is 5.26 Å². The zero-order valence-electron chi connectivity index (χ0n) is 16.8. The highest BCUT2D eigenvalue weighted by molar-refractivity contribution is 5.60. The number of ether oxygens (including phenoxy) is 1. The minimum absolute atomic E-state index is 0.241. The Morgan fingerprint density at radius 3 is 2.43 bits per heavy atom. The smallest absolute Gasteiger partial charge is 0.235 e. The predicted octanol–water partition coefficient (Wildman–Crippen LogP) is 5.33. The number of hydrogen-bond acceptors (Lipinski definition) is 6. The van der Waals surface area contributed by atoms with Gasteiger partial charge in [-0.3, -0.25) is 0 Å². The number of methoxy groups -OCH3 is 1. The summed E-state index contributed by atoms with van der Waals surface area (Å²) in [5, 5.41) is 9.69. The molecule has 150 valence electrons. The minimum Gasteiger partial charge on any atom is -0.497 e. The second kappa shape index (κ2) is 8.58. The fourth-order valence-corrected chi connectivity index (χ4v) is 3.16. The maximum atomic E-state index is 9.69. The summed E-state index contributed by atoms with van der Waals surface area (Å²) in [6, 6.07) is 21.5. The summed E-state index contributed by atoms with van der Waals surface area (Å²) in [6.07, 6.45) is 1.63. The van der Waals surface area contributed by atoms with Gasteiger partial charge in [-0.25, -0.2) is 0 Å². The molecule has 0 unspecified atom stereocenters. The van der Waals surface area contributed by atoms with Crippen molar-refractivity contribution in [1.82, 2.24) is 4.98 Å². The lowest BCUT2D eigenvalue weighted by atomic mass is 10.1. The number of benzene rings is 2. The summed E-state index contributed by atoms with van der Waals surface area (Å²) >= 11 is 0. The van der Waals surface area contributed by atoms with Gasteiger partial charge >= 0.3 is 0 Å². The van der Waals surface area contributed by atoms with Crippen molar-refractivity contribution < 1.29 is 13.6 Å². The average Bonchev–Trinajstić information content (AvgIpc) is 3.44. The van der Waals surface area contributed by atoms with E-state index in [4.69, 9.17) is 13.6 Å². The number of aromatic nitrogens is 1. The zero-order valence-corrected chi connectivity index (χ0v) is 16.8. The molecule has 6 heteroatoms. The number of anilines is 1. The molecule has 0 fully saturated rings. The molecule has 4 rings (SSSR count). The highest BCUT2D eigenvalue weighted by Gasteiger charge is 2.22. The fraction of sp³-hybridized carbons (Fsp3) is 0.167. The molecule has 0 aliphatic rings. The van der Waals surface area contributed by atoms with Crippen molar-refractivity contribution in [2.75, 3.05) is 12.0 Å². The molecule has 0 saturated carbocycles. The first-order chi connectivity index (χ1) is 14.7. The second-order valence-electron chi connectivity index (χ2n) is 6.93. The maximum absolute atomic E-state index is 9.69. The van der Waals surface area contributed by atoms with Crippen LogP contribution < -0.4 is 9.64 Å². The van der Waals surface area contributed by atoms with Crippen LogP contribution in [0.25, 0.3) is 11.5 Å². The van der Waals surface area contributed by atoms with Crippen LogP contribution in [0.2, 0.25) is 0 Å². The Bertz CT molecular complexity index is 1140. The molecule has 0 N–H and O–H groups in total. The number of furan rings is 1. The second-order valence-corrected chi connectivity index (χ2v) is 6.93. The summed E-state index contributed by atoms with van der Waals surface area (Å²) in [6.45, 7) is 2.98. The van der Waals surface area contributed by atoms with E-state index in [1.807, 2.05) is 72.5 Å². The number of nitriles is 1. The normalized spacial score (nSPS) is 10.6. The lowest BCUT2D eigenvalue weighted by molar-refractivity contribution is 0.414. The summed E-state index contributed by atoms with van der Waals surface area (Å²) in [5.74, 6) is 2.39. The molecule has 2 aromatic heterocycles. The molecule has 30 heavy (non-hydrogen) atoms. The van der Waals surface area contributed by atoms with Gasteiger partial charge < -0.3 is 18.5 Å². The SMILES string of the molecule is COc1ccc(CN(Cc2ccco2)c2oc(-c3ccc(C)cc3)nc2C#N)cc1. The number of oxazole rings is 1. The first kappa shape index (κ1) is 19.3. The van der Waals surface area contributed by atoms with Crippen LogP contribution in [0.15, 0.2) is 75.8 Å². The van der Waals surface area contributed by atoms with Crippen molar-refractivity contribution >= 4 is 5.88 Å². The van der Waals surface area contributed by atoms with Gasteiger partial charge in [0.2, 0.25) is 17.5 Å². The summed E-state index contributed by atoms with van der Waals surface area (Å²) in [7, 11) is 1.64. The lowest BCUT2D eigenvalue weighted by Crippen LogP contribution is -2.22. The van der Waals surface area contributed by atoms with Crippen LogP contribution in [-0.4, -0.2) is 12.1 Å². The first-order valence-corrected chi connectivity index (χ1v) is 9.54. The molecule has 0 radical (unpaired) electrons. The van der Waals surface area contributed by atoms with Crippen molar-refractivity contribution in [3.05, 3.63) is 89.5 Å². The van der Waals surface area contributed by atoms with E-state index in [1.54, 1.807) is 13.4 Å². The molecule has 0 aliphatic heterocycles. The van der Waals surface area contributed by atoms with Gasteiger partial charge in [-0.1, -0.05) is 29.8 Å². The van der Waals surface area contributed by atoms with E-state index < -0.39 is 0 Å². The molecule has 2 aromatic carbocycles. The average molecular weight is 399 g/mol. The van der Waals surface area contributed by atoms with Gasteiger partial charge in [0.05, 0.1) is 19.9 Å². The lowest BCUT2D eigenvalue weighted by Gasteiger charge is -2.21. The molecular formula is C24H21N3O3. The van der Waals surface area contributed by atoms with Gasteiger partial charge in [-0.05, 0) is 48.9 Å². The predicted molar refractivity (Wildman–Crippen MR) is 113 cm³/mol. The zero-order chi connectivity index (χ0) is 20.9. The summed E-state index contributed by atoms with van der Waals surface area (Å²) in [5.41, 5.74) is 3.25. The largest absolute Gasteiger partial charge is 0.497 e. The van der Waals surface area contributed by atoms with Crippen LogP contribution in [0.3, 0.4) is 0 Å². The van der Waals surface area contributed by atoms with E-state index in [0.717, 1.165) is 28.2 Å². The van der Waals surface area contributed by atoms with E-state index in [9.17, 15) is 5.26 Å². The summed E-state index contributed by atoms with van der Waals surface area (Å²) < 4.78 is 16.9. The number of aryl methyl sites for hydroxylation is 1. The molecule has 0 saturated heterocycles. The number of nitrogens with zero attached hydrogens (tertiary/aromatic N) is 3. The Hall–Kier alpha value is -3.98. The molecule has 0 aliphatic carbocycles. The van der Waals surface area contributed by atoms with Crippen molar-refractivity contribution in [3.8, 4) is 23.3 Å². The molecule has 0 amide bonds. The Morgan fingerprint density at radius 1 is 1.03 bits per heavy atom. The van der Waals surface area contributed by atoms with E-state index in [1.165, 1.54) is 0 Å². The third-order valence-electron chi connectivity index (χ3n) is 4.76. The standard InChI is InChI=1S/C24H21N3O3/c1-17-5-9-19(10-6-17)23-26-22(14-25)24(30-23)27(16-21-4-3-13-29-21)15-18-7-11-20(28-2)12-8-18/h3-13H,15-16H2,1-2H3. The van der Waals surface area contributed by atoms with Gasteiger partial charge in [0.25, 0.3) is 0 Å². The Balaban J connectivity index is 1.70. The van der Waals surface area contributed by atoms with Crippen LogP contribution in [-0.2, 0) is 13.1 Å². The third kappa shape index (κ3) is 4.20. The number of hydrogen-bond donors (Lipinski definition) is 0.